The first-order valence-electron chi connectivity index (χ1n) is 6.51. The molecule has 1 aliphatic carbocycles. The van der Waals surface area contributed by atoms with Crippen molar-refractivity contribution in [1.29, 1.82) is 0 Å². The van der Waals surface area contributed by atoms with Crippen molar-refractivity contribution in [3.8, 4) is 0 Å². The Morgan fingerprint density at radius 2 is 1.94 bits per heavy atom. The van der Waals surface area contributed by atoms with Crippen molar-refractivity contribution in [1.82, 2.24) is 0 Å². The predicted molar refractivity (Wildman–Crippen MR) is 75.5 cm³/mol. The predicted octanol–water partition coefficient (Wildman–Crippen LogP) is 3.64. The highest BCUT2D eigenvalue weighted by atomic mass is 31.1. The first kappa shape index (κ1) is 15.4. The zero-order valence-electron chi connectivity index (χ0n) is 11.7. The van der Waals surface area contributed by atoms with E-state index < -0.39 is 16.3 Å². The van der Waals surface area contributed by atoms with Crippen molar-refractivity contribution in [2.45, 2.75) is 64.3 Å². The zero-order valence-corrected chi connectivity index (χ0v) is 13.7. The molecule has 1 N–H and O–H groups in total. The number of hydrogen-bond donors (Lipinski definition) is 1. The van der Waals surface area contributed by atoms with E-state index in [1.165, 1.54) is 0 Å². The molecule has 0 aromatic carbocycles. The fourth-order valence-corrected chi connectivity index (χ4v) is 4.43. The van der Waals surface area contributed by atoms with Crippen molar-refractivity contribution in [3.63, 3.8) is 0 Å². The van der Waals surface area contributed by atoms with Gasteiger partial charge in [0.15, 0.2) is 16.3 Å². The minimum atomic E-state index is -2.31. The molecule has 3 nitrogen and oxygen atoms in total. The standard InChI is InChI=1S/C12H27O3PSi/c1-12(2,3)17(4,5)15-11-7-6-10(8-11)9-16(13)14/h10-11,16H,6-9H2,1-5H3,(H,13,14). The lowest BCUT2D eigenvalue weighted by Crippen LogP contribution is -2.43. The van der Waals surface area contributed by atoms with E-state index in [0.29, 0.717) is 18.2 Å². The Bertz CT molecular complexity index is 286. The summed E-state index contributed by atoms with van der Waals surface area (Å²) in [5, 5.41) is 0.246. The fourth-order valence-electron chi connectivity index (χ4n) is 2.16. The minimum absolute atomic E-state index is 0.246. The molecule has 0 saturated heterocycles. The van der Waals surface area contributed by atoms with Gasteiger partial charge in [-0.15, -0.1) is 0 Å². The summed E-state index contributed by atoms with van der Waals surface area (Å²) in [5.74, 6) is 0.404. The van der Waals surface area contributed by atoms with E-state index >= 15 is 0 Å². The molecule has 0 aliphatic heterocycles. The lowest BCUT2D eigenvalue weighted by molar-refractivity contribution is 0.184. The van der Waals surface area contributed by atoms with Gasteiger partial charge in [-0.25, -0.2) is 0 Å². The van der Waals surface area contributed by atoms with Crippen LogP contribution in [0.2, 0.25) is 18.1 Å². The third-order valence-corrected chi connectivity index (χ3v) is 9.69. The Balaban J connectivity index is 2.48. The molecular weight excluding hydrogens is 251 g/mol. The first-order valence-corrected chi connectivity index (χ1v) is 11.0. The molecule has 102 valence electrons. The Labute approximate surface area is 107 Å². The van der Waals surface area contributed by atoms with E-state index in [0.717, 1.165) is 19.3 Å². The molecule has 0 heterocycles. The second kappa shape index (κ2) is 5.56. The summed E-state index contributed by atoms with van der Waals surface area (Å²) >= 11 is 0. The average molecular weight is 278 g/mol. The van der Waals surface area contributed by atoms with Crippen molar-refractivity contribution in [2.75, 3.05) is 6.16 Å². The highest BCUT2D eigenvalue weighted by Crippen LogP contribution is 2.41. The molecule has 5 heteroatoms. The minimum Gasteiger partial charge on any atom is -0.414 e. The van der Waals surface area contributed by atoms with Gasteiger partial charge in [0, 0.05) is 12.3 Å². The smallest absolute Gasteiger partial charge is 0.192 e. The molecule has 1 aliphatic rings. The Morgan fingerprint density at radius 1 is 1.35 bits per heavy atom. The van der Waals surface area contributed by atoms with Crippen LogP contribution in [0, 0.1) is 5.92 Å². The van der Waals surface area contributed by atoms with Gasteiger partial charge in [0.25, 0.3) is 0 Å². The fraction of sp³-hybridized carbons (Fsp3) is 1.00. The normalized spacial score (nSPS) is 28.4. The third-order valence-electron chi connectivity index (χ3n) is 4.22. The monoisotopic (exact) mass is 278 g/mol. The maximum atomic E-state index is 10.9. The van der Waals surface area contributed by atoms with Gasteiger partial charge in [-0.05, 0) is 43.3 Å². The molecular formula is C12H27O3PSi. The molecule has 0 bridgehead atoms. The van der Waals surface area contributed by atoms with Crippen LogP contribution in [0.15, 0.2) is 0 Å². The Hall–Kier alpha value is 0.367. The van der Waals surface area contributed by atoms with Crippen LogP contribution >= 0.6 is 8.03 Å². The summed E-state index contributed by atoms with van der Waals surface area (Å²) in [6.07, 6.45) is 3.90. The molecule has 17 heavy (non-hydrogen) atoms. The second-order valence-corrected chi connectivity index (χ2v) is 12.7. The molecule has 1 rings (SSSR count). The highest BCUT2D eigenvalue weighted by Gasteiger charge is 2.40. The van der Waals surface area contributed by atoms with Crippen LogP contribution in [0.1, 0.15) is 40.0 Å². The molecule has 0 aromatic rings. The van der Waals surface area contributed by atoms with Gasteiger partial charge in [0.2, 0.25) is 0 Å². The van der Waals surface area contributed by atoms with Gasteiger partial charge < -0.3 is 9.32 Å². The molecule has 0 radical (unpaired) electrons. The summed E-state index contributed by atoms with van der Waals surface area (Å²) in [4.78, 5) is 8.98. The Kier molecular flexibility index (Phi) is 5.04. The van der Waals surface area contributed by atoms with Gasteiger partial charge in [-0.1, -0.05) is 20.8 Å². The third kappa shape index (κ3) is 4.51. The molecule has 3 atom stereocenters. The topological polar surface area (TPSA) is 46.5 Å². The average Bonchev–Trinajstić information content (AvgIpc) is 2.48. The van der Waals surface area contributed by atoms with Crippen molar-refractivity contribution < 1.29 is 13.9 Å². The lowest BCUT2D eigenvalue weighted by Gasteiger charge is -2.38. The van der Waals surface area contributed by atoms with Crippen molar-refractivity contribution >= 4 is 16.3 Å². The maximum Gasteiger partial charge on any atom is 0.192 e. The molecule has 0 aromatic heterocycles. The van der Waals surface area contributed by atoms with Crippen LogP contribution in [0.25, 0.3) is 0 Å². The van der Waals surface area contributed by atoms with Gasteiger partial charge in [0.1, 0.15) is 0 Å². The summed E-state index contributed by atoms with van der Waals surface area (Å²) in [5.41, 5.74) is 0. The molecule has 1 fully saturated rings. The lowest BCUT2D eigenvalue weighted by atomic mass is 10.1. The SMILES string of the molecule is CC(C)(C)[Si](C)(C)OC1CCC(C[PH](=O)O)C1. The first-order chi connectivity index (χ1) is 7.62. The Morgan fingerprint density at radius 3 is 2.41 bits per heavy atom. The maximum absolute atomic E-state index is 10.9. The van der Waals surface area contributed by atoms with E-state index in [-0.39, 0.29) is 5.04 Å². The molecule has 3 unspecified atom stereocenters. The van der Waals surface area contributed by atoms with E-state index in [1.54, 1.807) is 0 Å². The van der Waals surface area contributed by atoms with Crippen LogP contribution in [0.3, 0.4) is 0 Å². The van der Waals surface area contributed by atoms with Gasteiger partial charge in [-0.3, -0.25) is 4.57 Å². The summed E-state index contributed by atoms with van der Waals surface area (Å²) in [6, 6.07) is 0. The summed E-state index contributed by atoms with van der Waals surface area (Å²) < 4.78 is 17.2. The molecule has 1 saturated carbocycles. The molecule has 0 amide bonds. The van der Waals surface area contributed by atoms with Crippen LogP contribution in [0.4, 0.5) is 0 Å². The van der Waals surface area contributed by atoms with Crippen molar-refractivity contribution in [2.24, 2.45) is 5.92 Å². The highest BCUT2D eigenvalue weighted by molar-refractivity contribution is 7.38. The second-order valence-electron chi connectivity index (χ2n) is 6.78. The zero-order chi connectivity index (χ0) is 13.3. The number of hydrogen-bond acceptors (Lipinski definition) is 2. The van der Waals surface area contributed by atoms with Crippen LogP contribution < -0.4 is 0 Å². The van der Waals surface area contributed by atoms with E-state index in [9.17, 15) is 4.57 Å². The van der Waals surface area contributed by atoms with E-state index in [4.69, 9.17) is 9.32 Å². The van der Waals surface area contributed by atoms with Crippen LogP contribution in [0.5, 0.6) is 0 Å². The van der Waals surface area contributed by atoms with Crippen LogP contribution in [-0.2, 0) is 8.99 Å². The number of rotatable bonds is 4. The van der Waals surface area contributed by atoms with Gasteiger partial charge in [-0.2, -0.15) is 0 Å². The largest absolute Gasteiger partial charge is 0.414 e. The quantitative estimate of drug-likeness (QED) is 0.631. The van der Waals surface area contributed by atoms with E-state index in [2.05, 4.69) is 33.9 Å². The van der Waals surface area contributed by atoms with Crippen molar-refractivity contribution in [3.05, 3.63) is 0 Å². The molecule has 0 spiro atoms. The summed E-state index contributed by atoms with van der Waals surface area (Å²) in [6.45, 7) is 11.3. The van der Waals surface area contributed by atoms with Gasteiger partial charge >= 0.3 is 0 Å². The van der Waals surface area contributed by atoms with Gasteiger partial charge in [0.05, 0.1) is 0 Å². The van der Waals surface area contributed by atoms with E-state index in [1.807, 2.05) is 0 Å². The van der Waals surface area contributed by atoms with Crippen LogP contribution in [-0.4, -0.2) is 25.5 Å². The summed E-state index contributed by atoms with van der Waals surface area (Å²) in [7, 11) is -3.98.